The summed E-state index contributed by atoms with van der Waals surface area (Å²) in [4.78, 5) is 43.3. The highest BCUT2D eigenvalue weighted by Gasteiger charge is 2.56. The Morgan fingerprint density at radius 1 is 0.852 bits per heavy atom. The van der Waals surface area contributed by atoms with Gasteiger partial charge in [0.2, 0.25) is 11.8 Å². The van der Waals surface area contributed by atoms with Crippen molar-refractivity contribution in [3.05, 3.63) is 80.8 Å². The summed E-state index contributed by atoms with van der Waals surface area (Å²) in [6.45, 7) is 0. The van der Waals surface area contributed by atoms with Crippen molar-refractivity contribution in [2.45, 2.75) is 16.2 Å². The molecule has 0 saturated carbocycles. The fourth-order valence-corrected chi connectivity index (χ4v) is 6.38. The Morgan fingerprint density at radius 2 is 1.52 bits per heavy atom. The van der Waals surface area contributed by atoms with E-state index in [1.807, 2.05) is 48.5 Å². The van der Waals surface area contributed by atoms with Gasteiger partial charge in [0.05, 0.1) is 16.6 Å². The lowest BCUT2D eigenvalue weighted by atomic mass is 9.83. The fraction of sp³-hybridized carbons (Fsp3) is 0.150. The molecule has 3 atom stereocenters. The van der Waals surface area contributed by atoms with Gasteiger partial charge in [0.15, 0.2) is 0 Å². The van der Waals surface area contributed by atoms with Crippen molar-refractivity contribution in [1.29, 1.82) is 0 Å². The molecule has 1 saturated heterocycles. The number of aromatic nitrogens is 1. The molecular formula is C20H14N2O3S2. The Morgan fingerprint density at radius 3 is 2.22 bits per heavy atom. The van der Waals surface area contributed by atoms with Crippen LogP contribution >= 0.6 is 23.1 Å². The van der Waals surface area contributed by atoms with Crippen molar-refractivity contribution in [3.63, 3.8) is 0 Å². The smallest absolute Gasteiger partial charge is 0.305 e. The number of aromatic amines is 1. The van der Waals surface area contributed by atoms with E-state index >= 15 is 0 Å². The Hall–Kier alpha value is -2.64. The maximum Gasteiger partial charge on any atom is 0.305 e. The molecule has 2 aromatic carbocycles. The van der Waals surface area contributed by atoms with Gasteiger partial charge in [-0.05, 0) is 17.7 Å². The zero-order valence-electron chi connectivity index (χ0n) is 14.0. The number of nitrogens with one attached hydrogen (secondary N) is 1. The van der Waals surface area contributed by atoms with Gasteiger partial charge in [-0.25, -0.2) is 4.90 Å². The maximum atomic E-state index is 13.4. The van der Waals surface area contributed by atoms with Gasteiger partial charge in [0, 0.05) is 10.8 Å². The van der Waals surface area contributed by atoms with Crippen LogP contribution in [0.1, 0.15) is 16.4 Å². The molecule has 7 heteroatoms. The van der Waals surface area contributed by atoms with Crippen LogP contribution in [-0.4, -0.2) is 22.0 Å². The maximum absolute atomic E-state index is 13.4. The number of para-hydroxylation sites is 1. The standard InChI is InChI=1S/C20H14N2O3S2/c23-18-14-13(11-7-3-1-4-8-11)15-17(21-20(25)27-15)26-16(14)19(24)22(18)12-9-5-2-6-10-12/h1-10,13-14,16H,(H,21,25)/t13-,14-,16+/m0/s1. The molecule has 1 aromatic heterocycles. The molecule has 0 bridgehead atoms. The number of carbonyl (C=O) groups is 2. The van der Waals surface area contributed by atoms with Crippen LogP contribution in [0.2, 0.25) is 0 Å². The van der Waals surface area contributed by atoms with Gasteiger partial charge in [0.1, 0.15) is 5.25 Å². The molecule has 5 nitrogen and oxygen atoms in total. The van der Waals surface area contributed by atoms with Crippen molar-refractivity contribution in [1.82, 2.24) is 4.98 Å². The molecule has 0 aliphatic carbocycles. The lowest BCUT2D eigenvalue weighted by molar-refractivity contribution is -0.122. The molecule has 0 unspecified atom stereocenters. The first-order valence-corrected chi connectivity index (χ1v) is 10.2. The molecule has 3 aromatic rings. The number of hydrogen-bond acceptors (Lipinski definition) is 5. The first-order valence-electron chi connectivity index (χ1n) is 8.52. The molecule has 1 N–H and O–H groups in total. The quantitative estimate of drug-likeness (QED) is 0.678. The van der Waals surface area contributed by atoms with Crippen LogP contribution in [-0.2, 0) is 9.59 Å². The van der Waals surface area contributed by atoms with E-state index in [9.17, 15) is 14.4 Å². The van der Waals surface area contributed by atoms with Crippen LogP contribution in [0, 0.1) is 5.92 Å². The highest BCUT2D eigenvalue weighted by atomic mass is 32.2. The van der Waals surface area contributed by atoms with Gasteiger partial charge in [-0.15, -0.1) is 0 Å². The van der Waals surface area contributed by atoms with Crippen molar-refractivity contribution in [2.24, 2.45) is 5.92 Å². The van der Waals surface area contributed by atoms with E-state index in [0.29, 0.717) is 10.7 Å². The summed E-state index contributed by atoms with van der Waals surface area (Å²) in [7, 11) is 0. The number of anilines is 1. The summed E-state index contributed by atoms with van der Waals surface area (Å²) in [6.07, 6.45) is 0. The van der Waals surface area contributed by atoms with Crippen LogP contribution in [0.25, 0.3) is 0 Å². The van der Waals surface area contributed by atoms with Crippen LogP contribution in [0.5, 0.6) is 0 Å². The van der Waals surface area contributed by atoms with Crippen molar-refractivity contribution >= 4 is 40.6 Å². The summed E-state index contributed by atoms with van der Waals surface area (Å²) in [6, 6.07) is 18.7. The summed E-state index contributed by atoms with van der Waals surface area (Å²) in [5.74, 6) is -1.26. The SMILES string of the molecule is O=C1[C@H]2[C@H](c3ccccc3)c3sc(=O)[nH]c3S[C@H]2C(=O)N1c1ccccc1. The van der Waals surface area contributed by atoms with E-state index in [1.165, 1.54) is 16.7 Å². The molecule has 27 heavy (non-hydrogen) atoms. The number of benzene rings is 2. The highest BCUT2D eigenvalue weighted by Crippen LogP contribution is 2.52. The molecule has 2 aliphatic heterocycles. The van der Waals surface area contributed by atoms with Crippen LogP contribution in [0.4, 0.5) is 5.69 Å². The summed E-state index contributed by atoms with van der Waals surface area (Å²) in [5, 5.41) is 0.164. The number of amides is 2. The summed E-state index contributed by atoms with van der Waals surface area (Å²) in [5.41, 5.74) is 1.53. The predicted molar refractivity (Wildman–Crippen MR) is 105 cm³/mol. The van der Waals surface area contributed by atoms with Gasteiger partial charge in [-0.3, -0.25) is 14.4 Å². The van der Waals surface area contributed by atoms with E-state index in [1.54, 1.807) is 12.1 Å². The molecule has 2 amide bonds. The van der Waals surface area contributed by atoms with E-state index < -0.39 is 11.2 Å². The second kappa shape index (κ2) is 6.21. The van der Waals surface area contributed by atoms with Crippen molar-refractivity contribution in [2.75, 3.05) is 4.90 Å². The molecule has 134 valence electrons. The minimum absolute atomic E-state index is 0.159. The third-order valence-corrected chi connectivity index (χ3v) is 7.40. The Kier molecular flexibility index (Phi) is 3.80. The number of thiazole rings is 1. The van der Waals surface area contributed by atoms with Gasteiger partial charge in [-0.1, -0.05) is 71.6 Å². The second-order valence-electron chi connectivity index (χ2n) is 6.51. The largest absolute Gasteiger partial charge is 0.307 e. The molecule has 3 heterocycles. The van der Waals surface area contributed by atoms with E-state index in [-0.39, 0.29) is 22.6 Å². The molecular weight excluding hydrogens is 380 g/mol. The molecule has 0 spiro atoms. The van der Waals surface area contributed by atoms with Gasteiger partial charge in [-0.2, -0.15) is 0 Å². The summed E-state index contributed by atoms with van der Waals surface area (Å²) >= 11 is 2.43. The summed E-state index contributed by atoms with van der Waals surface area (Å²) < 4.78 is 0. The normalized spacial score (nSPS) is 24.0. The molecule has 1 fully saturated rings. The number of rotatable bonds is 2. The first-order chi connectivity index (χ1) is 13.1. The monoisotopic (exact) mass is 394 g/mol. The zero-order valence-corrected chi connectivity index (χ0v) is 15.6. The minimum atomic E-state index is -0.541. The van der Waals surface area contributed by atoms with Crippen molar-refractivity contribution in [3.8, 4) is 0 Å². The predicted octanol–water partition coefficient (Wildman–Crippen LogP) is 3.23. The van der Waals surface area contributed by atoms with Crippen LogP contribution in [0.15, 0.2) is 70.5 Å². The van der Waals surface area contributed by atoms with E-state index in [2.05, 4.69) is 4.98 Å². The minimum Gasteiger partial charge on any atom is -0.307 e. The van der Waals surface area contributed by atoms with Crippen LogP contribution in [0.3, 0.4) is 0 Å². The second-order valence-corrected chi connectivity index (χ2v) is 8.67. The van der Waals surface area contributed by atoms with Crippen LogP contribution < -0.4 is 9.77 Å². The lowest BCUT2D eigenvalue weighted by Gasteiger charge is -2.29. The first kappa shape index (κ1) is 16.5. The van der Waals surface area contributed by atoms with E-state index in [0.717, 1.165) is 21.8 Å². The average molecular weight is 394 g/mol. The number of H-pyrrole nitrogens is 1. The Labute approximate surface area is 163 Å². The number of fused-ring (bicyclic) bond motifs is 2. The fourth-order valence-electron chi connectivity index (χ4n) is 3.87. The molecule has 5 rings (SSSR count). The highest BCUT2D eigenvalue weighted by molar-refractivity contribution is 8.00. The Balaban J connectivity index is 1.67. The number of carbonyl (C=O) groups excluding carboxylic acids is 2. The van der Waals surface area contributed by atoms with Gasteiger partial charge in [0.25, 0.3) is 0 Å². The average Bonchev–Trinajstić information content (AvgIpc) is 3.18. The van der Waals surface area contributed by atoms with Crippen molar-refractivity contribution < 1.29 is 9.59 Å². The number of hydrogen-bond donors (Lipinski definition) is 1. The number of nitrogens with zero attached hydrogens (tertiary/aromatic N) is 1. The lowest BCUT2D eigenvalue weighted by Crippen LogP contribution is -2.32. The van der Waals surface area contributed by atoms with E-state index in [4.69, 9.17) is 0 Å². The topological polar surface area (TPSA) is 70.2 Å². The molecule has 2 aliphatic rings. The Bertz CT molecular complexity index is 1090. The molecule has 0 radical (unpaired) electrons. The third-order valence-electron chi connectivity index (χ3n) is 5.00. The van der Waals surface area contributed by atoms with Gasteiger partial charge < -0.3 is 4.98 Å². The van der Waals surface area contributed by atoms with Gasteiger partial charge >= 0.3 is 4.87 Å². The third kappa shape index (κ3) is 2.49. The zero-order chi connectivity index (χ0) is 18.5. The number of imide groups is 1. The number of thioether (sulfide) groups is 1.